The van der Waals surface area contributed by atoms with Crippen molar-refractivity contribution >= 4 is 26.0 Å². The van der Waals surface area contributed by atoms with Gasteiger partial charge in [0.05, 0.1) is 5.75 Å². The summed E-state index contributed by atoms with van der Waals surface area (Å²) in [5.41, 5.74) is 0.0810. The van der Waals surface area contributed by atoms with Crippen LogP contribution in [0, 0.1) is 11.3 Å². The first-order valence-corrected chi connectivity index (χ1v) is 9.01. The van der Waals surface area contributed by atoms with Gasteiger partial charge in [-0.1, -0.05) is 36.7 Å². The molecule has 0 spiro atoms. The molecule has 3 nitrogen and oxygen atoms in total. The van der Waals surface area contributed by atoms with E-state index in [2.05, 4.69) is 36.7 Å². The highest BCUT2D eigenvalue weighted by Gasteiger charge is 2.29. The quantitative estimate of drug-likeness (QED) is 0.745. The molecule has 1 heterocycles. The summed E-state index contributed by atoms with van der Waals surface area (Å²) in [4.78, 5) is 0. The van der Waals surface area contributed by atoms with Crippen molar-refractivity contribution in [3.05, 3.63) is 0 Å². The molecule has 0 aliphatic carbocycles. The van der Waals surface area contributed by atoms with Crippen LogP contribution in [-0.2, 0) is 10.0 Å². The molecule has 1 fully saturated rings. The lowest BCUT2D eigenvalue weighted by Gasteiger charge is -2.31. The number of sulfonamides is 1. The topological polar surface area (TPSA) is 37.4 Å². The molecule has 0 radical (unpaired) electrons. The van der Waals surface area contributed by atoms with Crippen molar-refractivity contribution in [2.75, 3.05) is 24.2 Å². The molecule has 1 rings (SSSR count). The molecule has 1 unspecified atom stereocenters. The average Bonchev–Trinajstić information content (AvgIpc) is 2.26. The lowest BCUT2D eigenvalue weighted by atomic mass is 9.94. The van der Waals surface area contributed by atoms with Crippen molar-refractivity contribution in [3.63, 3.8) is 0 Å². The molecule has 0 aromatic rings. The molecular formula is C12H24BrNO2S. The molecule has 0 saturated carbocycles. The third kappa shape index (κ3) is 5.26. The molecule has 1 aliphatic heterocycles. The maximum atomic E-state index is 12.2. The van der Waals surface area contributed by atoms with Crippen LogP contribution in [0.5, 0.6) is 0 Å². The minimum atomic E-state index is -3.05. The molecule has 0 amide bonds. The Morgan fingerprint density at radius 3 is 2.53 bits per heavy atom. The van der Waals surface area contributed by atoms with Crippen LogP contribution in [0.25, 0.3) is 0 Å². The average molecular weight is 326 g/mol. The number of rotatable bonds is 4. The molecule has 1 aliphatic rings. The second kappa shape index (κ2) is 6.02. The SMILES string of the molecule is CC(C)(C)CCS(=O)(=O)N1CCCC(CBr)C1. The van der Waals surface area contributed by atoms with Gasteiger partial charge in [0.15, 0.2) is 0 Å². The molecule has 5 heteroatoms. The summed E-state index contributed by atoms with van der Waals surface area (Å²) in [7, 11) is -3.05. The molecule has 1 atom stereocenters. The lowest BCUT2D eigenvalue weighted by molar-refractivity contribution is 0.283. The Hall–Kier alpha value is 0.390. The van der Waals surface area contributed by atoms with Gasteiger partial charge in [0.2, 0.25) is 10.0 Å². The van der Waals surface area contributed by atoms with Gasteiger partial charge in [-0.25, -0.2) is 12.7 Å². The first-order valence-electron chi connectivity index (χ1n) is 6.28. The Kier molecular flexibility index (Phi) is 5.47. The maximum Gasteiger partial charge on any atom is 0.214 e. The summed E-state index contributed by atoms with van der Waals surface area (Å²) in [5.74, 6) is 0.763. The minimum absolute atomic E-state index is 0.0810. The fraction of sp³-hybridized carbons (Fsp3) is 1.00. The number of hydrogen-bond donors (Lipinski definition) is 0. The monoisotopic (exact) mass is 325 g/mol. The lowest BCUT2D eigenvalue weighted by Crippen LogP contribution is -2.41. The Balaban J connectivity index is 2.57. The highest BCUT2D eigenvalue weighted by atomic mass is 79.9. The van der Waals surface area contributed by atoms with Gasteiger partial charge in [-0.15, -0.1) is 0 Å². The molecule has 0 aromatic carbocycles. The van der Waals surface area contributed by atoms with Gasteiger partial charge >= 0.3 is 0 Å². The predicted molar refractivity (Wildman–Crippen MR) is 75.9 cm³/mol. The third-order valence-electron chi connectivity index (χ3n) is 3.20. The molecule has 1 saturated heterocycles. The highest BCUT2D eigenvalue weighted by Crippen LogP contribution is 2.24. The van der Waals surface area contributed by atoms with E-state index in [4.69, 9.17) is 0 Å². The Labute approximate surface area is 114 Å². The number of halogens is 1. The van der Waals surface area contributed by atoms with E-state index in [-0.39, 0.29) is 11.2 Å². The van der Waals surface area contributed by atoms with Gasteiger partial charge in [0.1, 0.15) is 0 Å². The summed E-state index contributed by atoms with van der Waals surface area (Å²) in [6, 6.07) is 0. The summed E-state index contributed by atoms with van der Waals surface area (Å²) in [6.07, 6.45) is 2.85. The summed E-state index contributed by atoms with van der Waals surface area (Å²) >= 11 is 3.45. The van der Waals surface area contributed by atoms with Crippen LogP contribution in [0.15, 0.2) is 0 Å². The molecule has 17 heavy (non-hydrogen) atoms. The molecule has 102 valence electrons. The van der Waals surface area contributed by atoms with Crippen molar-refractivity contribution in [1.29, 1.82) is 0 Å². The zero-order valence-corrected chi connectivity index (χ0v) is 13.5. The molecule has 0 aromatic heterocycles. The Bertz CT molecular complexity index is 335. The summed E-state index contributed by atoms with van der Waals surface area (Å²) in [5, 5.41) is 0.901. The van der Waals surface area contributed by atoms with E-state index in [1.807, 2.05) is 0 Å². The van der Waals surface area contributed by atoms with Crippen LogP contribution in [0.1, 0.15) is 40.0 Å². The van der Waals surface area contributed by atoms with Crippen LogP contribution in [0.3, 0.4) is 0 Å². The van der Waals surface area contributed by atoms with E-state index in [0.29, 0.717) is 19.0 Å². The van der Waals surface area contributed by atoms with Crippen LogP contribution in [0.2, 0.25) is 0 Å². The summed E-state index contributed by atoms with van der Waals surface area (Å²) < 4.78 is 26.1. The predicted octanol–water partition coefficient (Wildman–Crippen LogP) is 2.86. The van der Waals surface area contributed by atoms with E-state index in [1.54, 1.807) is 4.31 Å². The maximum absolute atomic E-state index is 12.2. The van der Waals surface area contributed by atoms with Crippen molar-refractivity contribution in [2.24, 2.45) is 11.3 Å². The van der Waals surface area contributed by atoms with Crippen molar-refractivity contribution in [2.45, 2.75) is 40.0 Å². The fourth-order valence-electron chi connectivity index (χ4n) is 1.97. The summed E-state index contributed by atoms with van der Waals surface area (Å²) in [6.45, 7) is 7.65. The molecule has 0 bridgehead atoms. The van der Waals surface area contributed by atoms with Gasteiger partial charge in [0.25, 0.3) is 0 Å². The fourth-order valence-corrected chi connectivity index (χ4v) is 4.47. The van der Waals surface area contributed by atoms with E-state index in [9.17, 15) is 8.42 Å². The largest absolute Gasteiger partial charge is 0.214 e. The first-order chi connectivity index (χ1) is 7.74. The van der Waals surface area contributed by atoms with Crippen molar-refractivity contribution in [3.8, 4) is 0 Å². The van der Waals surface area contributed by atoms with E-state index >= 15 is 0 Å². The Morgan fingerprint density at radius 2 is 2.00 bits per heavy atom. The van der Waals surface area contributed by atoms with Crippen LogP contribution >= 0.6 is 15.9 Å². The van der Waals surface area contributed by atoms with Gasteiger partial charge in [-0.3, -0.25) is 0 Å². The van der Waals surface area contributed by atoms with Crippen molar-refractivity contribution in [1.82, 2.24) is 4.31 Å². The zero-order valence-electron chi connectivity index (χ0n) is 11.1. The Morgan fingerprint density at radius 1 is 1.35 bits per heavy atom. The second-order valence-electron chi connectivity index (χ2n) is 6.15. The zero-order chi connectivity index (χ0) is 13.1. The highest BCUT2D eigenvalue weighted by molar-refractivity contribution is 9.09. The minimum Gasteiger partial charge on any atom is -0.212 e. The van der Waals surface area contributed by atoms with Gasteiger partial charge in [0, 0.05) is 18.4 Å². The van der Waals surface area contributed by atoms with E-state index in [1.165, 1.54) is 0 Å². The van der Waals surface area contributed by atoms with Gasteiger partial charge in [-0.05, 0) is 30.6 Å². The molecular weight excluding hydrogens is 302 g/mol. The van der Waals surface area contributed by atoms with E-state index < -0.39 is 10.0 Å². The third-order valence-corrected chi connectivity index (χ3v) is 5.96. The molecule has 0 N–H and O–H groups in total. The number of nitrogens with zero attached hydrogens (tertiary/aromatic N) is 1. The van der Waals surface area contributed by atoms with Crippen LogP contribution < -0.4 is 0 Å². The van der Waals surface area contributed by atoms with Crippen LogP contribution in [-0.4, -0.2) is 36.9 Å². The standard InChI is InChI=1S/C12H24BrNO2S/c1-12(2,3)6-8-17(15,16)14-7-4-5-11(9-13)10-14/h11H,4-10H2,1-3H3. The van der Waals surface area contributed by atoms with E-state index in [0.717, 1.165) is 24.6 Å². The first kappa shape index (κ1) is 15.4. The number of piperidine rings is 1. The van der Waals surface area contributed by atoms with Crippen molar-refractivity contribution < 1.29 is 8.42 Å². The number of hydrogen-bond acceptors (Lipinski definition) is 2. The normalized spacial score (nSPS) is 23.9. The second-order valence-corrected chi connectivity index (χ2v) is 8.88. The van der Waals surface area contributed by atoms with Gasteiger partial charge in [-0.2, -0.15) is 0 Å². The van der Waals surface area contributed by atoms with Gasteiger partial charge < -0.3 is 0 Å². The number of alkyl halides is 1. The smallest absolute Gasteiger partial charge is 0.212 e. The van der Waals surface area contributed by atoms with Crippen LogP contribution in [0.4, 0.5) is 0 Å².